The second-order valence-corrected chi connectivity index (χ2v) is 15.1. The van der Waals surface area contributed by atoms with Crippen LogP contribution in [0.25, 0.3) is 99.9 Å². The highest BCUT2D eigenvalue weighted by Crippen LogP contribution is 2.48. The molecule has 56 heavy (non-hydrogen) atoms. The summed E-state index contributed by atoms with van der Waals surface area (Å²) in [5.74, 6) is 1.42. The summed E-state index contributed by atoms with van der Waals surface area (Å²) < 4.78 is 2.27. The molecule has 0 aliphatic heterocycles. The lowest BCUT2D eigenvalue weighted by molar-refractivity contribution is 0.772. The molecule has 11 rings (SSSR count). The van der Waals surface area contributed by atoms with Gasteiger partial charge < -0.3 is 0 Å². The Labute approximate surface area is 326 Å². The standard InChI is InChI=1S/C54H38N2/c1-35-14-11-23-43-41(35)22-13-25-45(43)52-46-20-7-8-21-47(46)53(44-24-12-16-37-15-5-6-19-42(37)44)49-34-39(32-33-48(49)52)36-28-30-38(31-29-36)54-55-50-26-9-10-27-51(50)56(54)40-17-3-2-4-18-40/h2-13,15-35H,14H2,1H3. The van der Waals surface area contributed by atoms with Crippen LogP contribution in [-0.4, -0.2) is 9.55 Å². The molecule has 1 aliphatic rings. The van der Waals surface area contributed by atoms with Crippen LogP contribution < -0.4 is 0 Å². The minimum atomic E-state index is 0.487. The normalized spacial score (nSPS) is 13.8. The van der Waals surface area contributed by atoms with E-state index in [2.05, 4.69) is 206 Å². The molecule has 1 aliphatic carbocycles. The minimum Gasteiger partial charge on any atom is -0.292 e. The lowest BCUT2D eigenvalue weighted by atomic mass is 9.80. The number of fused-ring (bicyclic) bond motifs is 5. The van der Waals surface area contributed by atoms with Gasteiger partial charge in [-0.3, -0.25) is 4.57 Å². The number of hydrogen-bond donors (Lipinski definition) is 0. The maximum absolute atomic E-state index is 5.13. The largest absolute Gasteiger partial charge is 0.292 e. The van der Waals surface area contributed by atoms with Crippen molar-refractivity contribution in [2.45, 2.75) is 19.3 Å². The Balaban J connectivity index is 1.15. The van der Waals surface area contributed by atoms with E-state index in [-0.39, 0.29) is 0 Å². The van der Waals surface area contributed by atoms with Gasteiger partial charge in [-0.1, -0.05) is 171 Å². The summed E-state index contributed by atoms with van der Waals surface area (Å²) in [4.78, 5) is 5.13. The molecule has 0 fully saturated rings. The van der Waals surface area contributed by atoms with Gasteiger partial charge in [-0.15, -0.1) is 0 Å². The van der Waals surface area contributed by atoms with Crippen molar-refractivity contribution in [3.05, 3.63) is 199 Å². The highest BCUT2D eigenvalue weighted by Gasteiger charge is 2.23. The number of benzene rings is 9. The maximum atomic E-state index is 5.13. The molecule has 0 N–H and O–H groups in total. The third-order valence-electron chi connectivity index (χ3n) is 11.8. The van der Waals surface area contributed by atoms with Gasteiger partial charge in [0.05, 0.1) is 11.0 Å². The molecule has 2 heteroatoms. The van der Waals surface area contributed by atoms with Gasteiger partial charge in [0.25, 0.3) is 0 Å². The van der Waals surface area contributed by atoms with E-state index in [9.17, 15) is 0 Å². The Morgan fingerprint density at radius 3 is 1.96 bits per heavy atom. The van der Waals surface area contributed by atoms with Crippen LogP contribution in [0.5, 0.6) is 0 Å². The second-order valence-electron chi connectivity index (χ2n) is 15.1. The van der Waals surface area contributed by atoms with E-state index in [4.69, 9.17) is 4.98 Å². The van der Waals surface area contributed by atoms with E-state index in [0.29, 0.717) is 5.92 Å². The van der Waals surface area contributed by atoms with Crippen LogP contribution in [0.3, 0.4) is 0 Å². The minimum absolute atomic E-state index is 0.487. The number of para-hydroxylation sites is 3. The van der Waals surface area contributed by atoms with Gasteiger partial charge in [0.1, 0.15) is 5.82 Å². The zero-order valence-corrected chi connectivity index (χ0v) is 31.2. The van der Waals surface area contributed by atoms with Crippen molar-refractivity contribution < 1.29 is 0 Å². The molecule has 9 aromatic carbocycles. The zero-order chi connectivity index (χ0) is 37.2. The fourth-order valence-electron chi connectivity index (χ4n) is 9.19. The van der Waals surface area contributed by atoms with E-state index in [1.807, 2.05) is 0 Å². The number of aromatic nitrogens is 2. The number of allylic oxidation sites excluding steroid dienone is 1. The van der Waals surface area contributed by atoms with Crippen LogP contribution in [0.2, 0.25) is 0 Å². The molecule has 264 valence electrons. The number of nitrogens with zero attached hydrogens (tertiary/aromatic N) is 2. The smallest absolute Gasteiger partial charge is 0.145 e. The van der Waals surface area contributed by atoms with Crippen LogP contribution >= 0.6 is 0 Å². The first-order valence-electron chi connectivity index (χ1n) is 19.6. The van der Waals surface area contributed by atoms with Crippen LogP contribution in [0.4, 0.5) is 0 Å². The van der Waals surface area contributed by atoms with Crippen molar-refractivity contribution in [3.8, 4) is 50.5 Å². The summed E-state index contributed by atoms with van der Waals surface area (Å²) in [6.07, 6.45) is 5.78. The quantitative estimate of drug-likeness (QED) is 0.162. The van der Waals surface area contributed by atoms with Gasteiger partial charge in [0.2, 0.25) is 0 Å². The Kier molecular flexibility index (Phi) is 7.57. The SMILES string of the molecule is CC1CC=Cc2c(-c3c4ccccc4c(-c4cccc5ccccc45)c4cc(-c5ccc(-c6nc7ccccc7n6-c6ccccc6)cc5)ccc34)cccc21. The summed E-state index contributed by atoms with van der Waals surface area (Å²) in [6.45, 7) is 2.35. The number of rotatable bonds is 5. The molecule has 2 nitrogen and oxygen atoms in total. The highest BCUT2D eigenvalue weighted by molar-refractivity contribution is 6.24. The first-order chi connectivity index (χ1) is 27.7. The molecule has 1 atom stereocenters. The Morgan fingerprint density at radius 1 is 0.500 bits per heavy atom. The van der Waals surface area contributed by atoms with E-state index in [1.165, 1.54) is 76.8 Å². The van der Waals surface area contributed by atoms with Crippen molar-refractivity contribution >= 4 is 49.4 Å². The molecular weight excluding hydrogens is 677 g/mol. The highest BCUT2D eigenvalue weighted by atomic mass is 15.1. The lowest BCUT2D eigenvalue weighted by Gasteiger charge is -2.24. The lowest BCUT2D eigenvalue weighted by Crippen LogP contribution is -2.02. The third kappa shape index (κ3) is 5.14. The summed E-state index contributed by atoms with van der Waals surface area (Å²) in [6, 6.07) is 66.4. The molecule has 1 aromatic heterocycles. The summed E-state index contributed by atoms with van der Waals surface area (Å²) >= 11 is 0. The Morgan fingerprint density at radius 2 is 1.12 bits per heavy atom. The molecule has 0 saturated heterocycles. The van der Waals surface area contributed by atoms with Gasteiger partial charge in [-0.25, -0.2) is 4.98 Å². The van der Waals surface area contributed by atoms with Crippen LogP contribution in [0, 0.1) is 0 Å². The monoisotopic (exact) mass is 714 g/mol. The summed E-state index contributed by atoms with van der Waals surface area (Å²) in [5, 5.41) is 7.58. The molecule has 0 amide bonds. The maximum Gasteiger partial charge on any atom is 0.145 e. The van der Waals surface area contributed by atoms with Crippen LogP contribution in [-0.2, 0) is 0 Å². The topological polar surface area (TPSA) is 17.8 Å². The molecule has 0 radical (unpaired) electrons. The van der Waals surface area contributed by atoms with E-state index in [0.717, 1.165) is 34.5 Å². The summed E-state index contributed by atoms with van der Waals surface area (Å²) in [5.41, 5.74) is 14.5. The van der Waals surface area contributed by atoms with Crippen molar-refractivity contribution in [2.75, 3.05) is 0 Å². The average molecular weight is 715 g/mol. The average Bonchev–Trinajstić information content (AvgIpc) is 3.65. The third-order valence-corrected chi connectivity index (χ3v) is 11.8. The summed E-state index contributed by atoms with van der Waals surface area (Å²) in [7, 11) is 0. The Hall–Kier alpha value is -7.03. The fourth-order valence-corrected chi connectivity index (χ4v) is 9.19. The zero-order valence-electron chi connectivity index (χ0n) is 31.2. The molecular formula is C54H38N2. The van der Waals surface area contributed by atoms with E-state index < -0.39 is 0 Å². The fraction of sp³-hybridized carbons (Fsp3) is 0.0556. The van der Waals surface area contributed by atoms with Crippen molar-refractivity contribution in [1.82, 2.24) is 9.55 Å². The molecule has 10 aromatic rings. The number of imidazole rings is 1. The molecule has 0 saturated carbocycles. The van der Waals surface area contributed by atoms with Gasteiger partial charge in [-0.05, 0) is 119 Å². The van der Waals surface area contributed by atoms with Gasteiger partial charge in [-0.2, -0.15) is 0 Å². The first-order valence-corrected chi connectivity index (χ1v) is 19.6. The van der Waals surface area contributed by atoms with Crippen LogP contribution in [0.1, 0.15) is 30.4 Å². The van der Waals surface area contributed by atoms with Crippen molar-refractivity contribution in [1.29, 1.82) is 0 Å². The van der Waals surface area contributed by atoms with Gasteiger partial charge in [0.15, 0.2) is 0 Å². The Bertz CT molecular complexity index is 3160. The van der Waals surface area contributed by atoms with Crippen molar-refractivity contribution in [3.63, 3.8) is 0 Å². The second kappa shape index (κ2) is 13.1. The van der Waals surface area contributed by atoms with Gasteiger partial charge in [0, 0.05) is 11.3 Å². The first kappa shape index (κ1) is 32.4. The van der Waals surface area contributed by atoms with Crippen LogP contribution in [0.15, 0.2) is 188 Å². The molecule has 0 spiro atoms. The predicted molar refractivity (Wildman–Crippen MR) is 237 cm³/mol. The van der Waals surface area contributed by atoms with Crippen molar-refractivity contribution in [2.24, 2.45) is 0 Å². The van der Waals surface area contributed by atoms with E-state index in [1.54, 1.807) is 0 Å². The molecule has 1 unspecified atom stereocenters. The molecule has 1 heterocycles. The molecule has 0 bridgehead atoms. The number of hydrogen-bond acceptors (Lipinski definition) is 1. The van der Waals surface area contributed by atoms with Gasteiger partial charge >= 0.3 is 0 Å². The van der Waals surface area contributed by atoms with E-state index >= 15 is 0 Å². The predicted octanol–water partition coefficient (Wildman–Crippen LogP) is 14.7.